The Hall–Kier alpha value is -3.14. The molecule has 0 radical (unpaired) electrons. The maximum absolute atomic E-state index is 12.2. The van der Waals surface area contributed by atoms with Gasteiger partial charge in [-0.05, 0) is 56.5 Å². The van der Waals surface area contributed by atoms with Crippen LogP contribution in [0.3, 0.4) is 0 Å². The SMILES string of the molecule is CCNC.COc1cncc2c1[C@]1(O)CC[C@@H](c3ccccc3)[C@]1(C1=CC=C(C#N)CC1)O2. The van der Waals surface area contributed by atoms with E-state index in [-0.39, 0.29) is 5.92 Å². The maximum Gasteiger partial charge on any atom is 0.170 e. The number of methoxy groups -OCH3 is 1. The molecule has 1 aliphatic heterocycles. The van der Waals surface area contributed by atoms with Crippen molar-refractivity contribution in [3.05, 3.63) is 77.2 Å². The zero-order valence-corrected chi connectivity index (χ0v) is 19.5. The van der Waals surface area contributed by atoms with E-state index in [4.69, 9.17) is 9.47 Å². The van der Waals surface area contributed by atoms with Gasteiger partial charge in [-0.3, -0.25) is 4.98 Å². The van der Waals surface area contributed by atoms with Gasteiger partial charge in [0.15, 0.2) is 5.60 Å². The molecule has 1 aromatic heterocycles. The number of nitrogens with one attached hydrogen (secondary N) is 1. The van der Waals surface area contributed by atoms with Crippen LogP contribution in [0.25, 0.3) is 0 Å². The van der Waals surface area contributed by atoms with Gasteiger partial charge >= 0.3 is 0 Å². The molecule has 6 heteroatoms. The first-order valence-corrected chi connectivity index (χ1v) is 11.5. The van der Waals surface area contributed by atoms with Crippen molar-refractivity contribution in [1.82, 2.24) is 10.3 Å². The highest BCUT2D eigenvalue weighted by atomic mass is 16.5. The first-order chi connectivity index (χ1) is 16.1. The minimum absolute atomic E-state index is 0.0194. The lowest BCUT2D eigenvalue weighted by molar-refractivity contribution is -0.0790. The summed E-state index contributed by atoms with van der Waals surface area (Å²) in [6.07, 6.45) is 9.80. The first-order valence-electron chi connectivity index (χ1n) is 11.5. The molecular weight excluding hydrogens is 414 g/mol. The topological polar surface area (TPSA) is 87.4 Å². The summed E-state index contributed by atoms with van der Waals surface area (Å²) >= 11 is 0. The summed E-state index contributed by atoms with van der Waals surface area (Å²) in [4.78, 5) is 4.25. The Morgan fingerprint density at radius 2 is 2.00 bits per heavy atom. The Balaban J connectivity index is 0.000000601. The van der Waals surface area contributed by atoms with Crippen LogP contribution in [0, 0.1) is 11.3 Å². The van der Waals surface area contributed by atoms with E-state index in [1.807, 2.05) is 37.4 Å². The summed E-state index contributed by atoms with van der Waals surface area (Å²) < 4.78 is 12.2. The van der Waals surface area contributed by atoms with Crippen LogP contribution in [0.5, 0.6) is 11.5 Å². The van der Waals surface area contributed by atoms with E-state index in [0.29, 0.717) is 36.3 Å². The molecule has 0 spiro atoms. The molecule has 3 aliphatic rings. The second kappa shape index (κ2) is 9.38. The zero-order valence-electron chi connectivity index (χ0n) is 19.5. The number of aromatic nitrogens is 1. The first kappa shape index (κ1) is 23.0. The highest BCUT2D eigenvalue weighted by molar-refractivity contribution is 5.59. The molecule has 0 amide bonds. The average Bonchev–Trinajstić information content (AvgIpc) is 3.31. The van der Waals surface area contributed by atoms with Crippen LogP contribution >= 0.6 is 0 Å². The number of nitrogens with zero attached hydrogens (tertiary/aromatic N) is 2. The predicted molar refractivity (Wildman–Crippen MR) is 127 cm³/mol. The van der Waals surface area contributed by atoms with Crippen molar-refractivity contribution in [2.75, 3.05) is 20.7 Å². The number of ether oxygens (including phenoxy) is 2. The molecule has 0 bridgehead atoms. The molecule has 5 rings (SSSR count). The van der Waals surface area contributed by atoms with Crippen molar-refractivity contribution in [3.63, 3.8) is 0 Å². The predicted octanol–water partition coefficient (Wildman–Crippen LogP) is 4.38. The summed E-state index contributed by atoms with van der Waals surface area (Å²) in [6.45, 7) is 3.14. The Morgan fingerprint density at radius 3 is 2.61 bits per heavy atom. The number of pyridine rings is 1. The molecule has 0 saturated heterocycles. The molecule has 2 heterocycles. The van der Waals surface area contributed by atoms with E-state index >= 15 is 0 Å². The number of hydrogen-bond donors (Lipinski definition) is 2. The average molecular weight is 446 g/mol. The zero-order chi connectivity index (χ0) is 23.5. The van der Waals surface area contributed by atoms with Crippen molar-refractivity contribution in [2.24, 2.45) is 0 Å². The number of allylic oxidation sites excluding steroid dienone is 3. The third-order valence-corrected chi connectivity index (χ3v) is 7.01. The molecule has 33 heavy (non-hydrogen) atoms. The van der Waals surface area contributed by atoms with Gasteiger partial charge in [-0.25, -0.2) is 0 Å². The molecule has 0 unspecified atom stereocenters. The fourth-order valence-electron chi connectivity index (χ4n) is 5.41. The lowest BCUT2D eigenvalue weighted by atomic mass is 9.69. The monoisotopic (exact) mass is 445 g/mol. The van der Waals surface area contributed by atoms with Crippen molar-refractivity contribution >= 4 is 0 Å². The third-order valence-electron chi connectivity index (χ3n) is 7.01. The number of benzene rings is 1. The van der Waals surface area contributed by atoms with E-state index in [0.717, 1.165) is 29.7 Å². The largest absolute Gasteiger partial charge is 0.495 e. The van der Waals surface area contributed by atoms with Crippen molar-refractivity contribution in [2.45, 2.75) is 49.7 Å². The Labute approximate surface area is 195 Å². The summed E-state index contributed by atoms with van der Waals surface area (Å²) in [6, 6.07) is 12.5. The van der Waals surface area contributed by atoms with Gasteiger partial charge in [-0.1, -0.05) is 43.3 Å². The Bertz CT molecular complexity index is 1100. The minimum atomic E-state index is -1.22. The highest BCUT2D eigenvalue weighted by Gasteiger charge is 2.69. The molecule has 1 fully saturated rings. The van der Waals surface area contributed by atoms with E-state index < -0.39 is 11.2 Å². The van der Waals surface area contributed by atoms with Gasteiger partial charge in [0.25, 0.3) is 0 Å². The molecule has 172 valence electrons. The van der Waals surface area contributed by atoms with Crippen LogP contribution in [0.15, 0.2) is 66.0 Å². The summed E-state index contributed by atoms with van der Waals surface area (Å²) in [5.74, 6) is 1.10. The van der Waals surface area contributed by atoms with Gasteiger partial charge in [0.1, 0.15) is 17.1 Å². The fraction of sp³-hybridized carbons (Fsp3) is 0.407. The fourth-order valence-corrected chi connectivity index (χ4v) is 5.41. The second-order valence-electron chi connectivity index (χ2n) is 8.62. The molecule has 6 nitrogen and oxygen atoms in total. The lowest BCUT2D eigenvalue weighted by Crippen LogP contribution is -2.52. The summed E-state index contributed by atoms with van der Waals surface area (Å²) in [5, 5.41) is 24.4. The number of rotatable bonds is 4. The van der Waals surface area contributed by atoms with Gasteiger partial charge in [-0.2, -0.15) is 5.26 Å². The van der Waals surface area contributed by atoms with Crippen LogP contribution in [0.2, 0.25) is 0 Å². The number of nitriles is 1. The van der Waals surface area contributed by atoms with Crippen molar-refractivity contribution in [1.29, 1.82) is 5.26 Å². The van der Waals surface area contributed by atoms with Crippen LogP contribution in [0.4, 0.5) is 0 Å². The van der Waals surface area contributed by atoms with E-state index in [9.17, 15) is 10.4 Å². The quantitative estimate of drug-likeness (QED) is 0.726. The Kier molecular flexibility index (Phi) is 6.55. The molecule has 2 N–H and O–H groups in total. The van der Waals surface area contributed by atoms with Crippen molar-refractivity contribution in [3.8, 4) is 17.6 Å². The van der Waals surface area contributed by atoms with Crippen LogP contribution in [-0.2, 0) is 5.60 Å². The van der Waals surface area contributed by atoms with Gasteiger partial charge < -0.3 is 19.9 Å². The molecule has 1 aromatic carbocycles. The maximum atomic E-state index is 12.2. The van der Waals surface area contributed by atoms with Gasteiger partial charge in [0, 0.05) is 11.5 Å². The van der Waals surface area contributed by atoms with E-state index in [2.05, 4.69) is 35.4 Å². The number of fused-ring (bicyclic) bond motifs is 3. The normalized spacial score (nSPS) is 27.1. The molecular formula is C27H31N3O3. The highest BCUT2D eigenvalue weighted by Crippen LogP contribution is 2.66. The van der Waals surface area contributed by atoms with Crippen LogP contribution in [-0.4, -0.2) is 36.4 Å². The minimum Gasteiger partial charge on any atom is -0.495 e. The smallest absolute Gasteiger partial charge is 0.170 e. The van der Waals surface area contributed by atoms with Crippen molar-refractivity contribution < 1.29 is 14.6 Å². The number of aliphatic hydroxyl groups is 1. The third kappa shape index (κ3) is 3.62. The van der Waals surface area contributed by atoms with Gasteiger partial charge in [0.05, 0.1) is 31.1 Å². The summed E-state index contributed by atoms with van der Waals surface area (Å²) in [5.41, 5.74) is 1.43. The lowest BCUT2D eigenvalue weighted by Gasteiger charge is -2.42. The van der Waals surface area contributed by atoms with E-state index in [1.54, 1.807) is 19.5 Å². The molecule has 2 aromatic rings. The molecule has 2 aliphatic carbocycles. The molecule has 3 atom stereocenters. The summed E-state index contributed by atoms with van der Waals surface area (Å²) in [7, 11) is 3.52. The van der Waals surface area contributed by atoms with Gasteiger partial charge in [-0.15, -0.1) is 0 Å². The Morgan fingerprint density at radius 1 is 1.24 bits per heavy atom. The molecule has 1 saturated carbocycles. The standard InChI is InChI=1S/C24H22N2O3.C3H9N/c1-28-20-14-26-15-21-22(20)23(27)12-11-19(17-5-3-2-4-6-17)24(23,29-21)18-9-7-16(13-25)8-10-18;1-3-4-2/h2-7,9,14-15,19,27H,8,10-12H2,1H3;4H,3H2,1-2H3/t19-,23+,24-;/m0./s1. The second-order valence-corrected chi connectivity index (χ2v) is 8.62. The van der Waals surface area contributed by atoms with Crippen LogP contribution in [0.1, 0.15) is 49.7 Å². The number of hydrogen-bond acceptors (Lipinski definition) is 6. The van der Waals surface area contributed by atoms with E-state index in [1.165, 1.54) is 0 Å². The van der Waals surface area contributed by atoms with Crippen LogP contribution < -0.4 is 14.8 Å². The van der Waals surface area contributed by atoms with Gasteiger partial charge in [0.2, 0.25) is 0 Å².